The number of ether oxygens (including phenoxy) is 1. The molecule has 0 bridgehead atoms. The second-order valence-electron chi connectivity index (χ2n) is 4.01. The van der Waals surface area contributed by atoms with Crippen LogP contribution < -0.4 is 10.2 Å². The predicted molar refractivity (Wildman–Crippen MR) is 75.9 cm³/mol. The first-order valence-corrected chi connectivity index (χ1v) is 6.31. The van der Waals surface area contributed by atoms with Crippen molar-refractivity contribution in [3.63, 3.8) is 0 Å². The van der Waals surface area contributed by atoms with E-state index in [9.17, 15) is 0 Å². The Morgan fingerprint density at radius 1 is 1.56 bits per heavy atom. The third-order valence-electron chi connectivity index (χ3n) is 2.70. The number of hydrogen-bond donors (Lipinski definition) is 1. The number of rotatable bonds is 9. The first-order valence-electron chi connectivity index (χ1n) is 6.31. The maximum atomic E-state index is 5.15. The molecule has 0 radical (unpaired) electrons. The van der Waals surface area contributed by atoms with Gasteiger partial charge in [-0.25, -0.2) is 0 Å². The third kappa shape index (κ3) is 4.47. The van der Waals surface area contributed by atoms with Gasteiger partial charge < -0.3 is 15.0 Å². The maximum Gasteiger partial charge on any atom is 0.0637 e. The standard InChI is InChI=1S/C14H23N3O/c1-4-8-17(9-10-18-3)14-6-7-16-12-13(14)11-15-5-2/h4,6-7,12,15H,1,5,8-11H2,2-3H3. The van der Waals surface area contributed by atoms with E-state index >= 15 is 0 Å². The summed E-state index contributed by atoms with van der Waals surface area (Å²) in [6.07, 6.45) is 5.65. The quantitative estimate of drug-likeness (QED) is 0.678. The monoisotopic (exact) mass is 249 g/mol. The van der Waals surface area contributed by atoms with E-state index in [1.807, 2.05) is 24.5 Å². The van der Waals surface area contributed by atoms with Crippen LogP contribution in [0.2, 0.25) is 0 Å². The third-order valence-corrected chi connectivity index (χ3v) is 2.70. The predicted octanol–water partition coefficient (Wildman–Crippen LogP) is 1.83. The van der Waals surface area contributed by atoms with Crippen LogP contribution in [0.5, 0.6) is 0 Å². The van der Waals surface area contributed by atoms with E-state index in [2.05, 4.69) is 28.7 Å². The molecule has 1 N–H and O–H groups in total. The number of anilines is 1. The lowest BCUT2D eigenvalue weighted by Crippen LogP contribution is -2.29. The summed E-state index contributed by atoms with van der Waals surface area (Å²) in [5.74, 6) is 0. The van der Waals surface area contributed by atoms with Crippen molar-refractivity contribution in [3.05, 3.63) is 36.7 Å². The lowest BCUT2D eigenvalue weighted by molar-refractivity contribution is 0.205. The number of pyridine rings is 1. The van der Waals surface area contributed by atoms with Gasteiger partial charge in [0.05, 0.1) is 6.61 Å². The average Bonchev–Trinajstić information content (AvgIpc) is 2.41. The highest BCUT2D eigenvalue weighted by molar-refractivity contribution is 5.52. The molecule has 0 fully saturated rings. The van der Waals surface area contributed by atoms with Crippen molar-refractivity contribution in [2.24, 2.45) is 0 Å². The normalized spacial score (nSPS) is 10.3. The van der Waals surface area contributed by atoms with Crippen molar-refractivity contribution in [1.29, 1.82) is 0 Å². The summed E-state index contributed by atoms with van der Waals surface area (Å²) in [4.78, 5) is 6.45. The van der Waals surface area contributed by atoms with Gasteiger partial charge in [0.25, 0.3) is 0 Å². The van der Waals surface area contributed by atoms with Crippen LogP contribution >= 0.6 is 0 Å². The van der Waals surface area contributed by atoms with Gasteiger partial charge >= 0.3 is 0 Å². The molecular weight excluding hydrogens is 226 g/mol. The Kier molecular flexibility index (Phi) is 7.06. The minimum absolute atomic E-state index is 0.705. The van der Waals surface area contributed by atoms with Crippen molar-refractivity contribution >= 4 is 5.69 Å². The topological polar surface area (TPSA) is 37.4 Å². The Morgan fingerprint density at radius 2 is 2.39 bits per heavy atom. The number of nitrogens with zero attached hydrogens (tertiary/aromatic N) is 2. The summed E-state index contributed by atoms with van der Waals surface area (Å²) in [6, 6.07) is 2.05. The highest BCUT2D eigenvalue weighted by Gasteiger charge is 2.09. The molecule has 1 aromatic rings. The lowest BCUT2D eigenvalue weighted by Gasteiger charge is -2.25. The highest BCUT2D eigenvalue weighted by atomic mass is 16.5. The van der Waals surface area contributed by atoms with Crippen LogP contribution in [0.3, 0.4) is 0 Å². The maximum absolute atomic E-state index is 5.15. The SMILES string of the molecule is C=CCN(CCOC)c1ccncc1CNCC. The van der Waals surface area contributed by atoms with Gasteiger partial charge in [0.15, 0.2) is 0 Å². The molecule has 0 spiro atoms. The second-order valence-corrected chi connectivity index (χ2v) is 4.01. The molecular formula is C14H23N3O. The summed E-state index contributed by atoms with van der Waals surface area (Å²) in [5.41, 5.74) is 2.40. The van der Waals surface area contributed by atoms with Crippen LogP contribution in [-0.2, 0) is 11.3 Å². The summed E-state index contributed by atoms with van der Waals surface area (Å²) in [6.45, 7) is 10.1. The molecule has 18 heavy (non-hydrogen) atoms. The molecule has 0 aliphatic rings. The molecule has 0 aliphatic heterocycles. The molecule has 100 valence electrons. The van der Waals surface area contributed by atoms with E-state index in [1.165, 1.54) is 11.3 Å². The van der Waals surface area contributed by atoms with Crippen molar-refractivity contribution in [3.8, 4) is 0 Å². The van der Waals surface area contributed by atoms with E-state index in [4.69, 9.17) is 4.74 Å². The smallest absolute Gasteiger partial charge is 0.0637 e. The first kappa shape index (κ1) is 14.7. The Balaban J connectivity index is 2.83. The molecule has 0 amide bonds. The average molecular weight is 249 g/mol. The van der Waals surface area contributed by atoms with Crippen LogP contribution in [-0.4, -0.2) is 38.3 Å². The molecule has 0 aromatic carbocycles. The molecule has 0 saturated carbocycles. The van der Waals surface area contributed by atoms with Gasteiger partial charge in [-0.1, -0.05) is 13.0 Å². The second kappa shape index (κ2) is 8.66. The molecule has 0 unspecified atom stereocenters. The fourth-order valence-electron chi connectivity index (χ4n) is 1.79. The molecule has 1 heterocycles. The molecule has 1 aromatic heterocycles. The van der Waals surface area contributed by atoms with Gasteiger partial charge in [0.1, 0.15) is 0 Å². The van der Waals surface area contributed by atoms with E-state index in [-0.39, 0.29) is 0 Å². The molecule has 0 aliphatic carbocycles. The van der Waals surface area contributed by atoms with Crippen molar-refractivity contribution in [2.45, 2.75) is 13.5 Å². The van der Waals surface area contributed by atoms with Crippen molar-refractivity contribution in [2.75, 3.05) is 38.3 Å². The van der Waals surface area contributed by atoms with Gasteiger partial charge in [-0.05, 0) is 12.6 Å². The Morgan fingerprint density at radius 3 is 3.06 bits per heavy atom. The first-order chi connectivity index (χ1) is 8.83. The van der Waals surface area contributed by atoms with Gasteiger partial charge in [-0.2, -0.15) is 0 Å². The summed E-state index contributed by atoms with van der Waals surface area (Å²) in [5, 5.41) is 3.33. The van der Waals surface area contributed by atoms with E-state index in [0.29, 0.717) is 6.61 Å². The van der Waals surface area contributed by atoms with Crippen LogP contribution in [0.25, 0.3) is 0 Å². The zero-order valence-corrected chi connectivity index (χ0v) is 11.4. The summed E-state index contributed by atoms with van der Waals surface area (Å²) < 4.78 is 5.15. The van der Waals surface area contributed by atoms with Crippen molar-refractivity contribution < 1.29 is 4.74 Å². The number of methoxy groups -OCH3 is 1. The minimum Gasteiger partial charge on any atom is -0.383 e. The zero-order valence-electron chi connectivity index (χ0n) is 11.4. The van der Waals surface area contributed by atoms with Gasteiger partial charge in [-0.3, -0.25) is 4.98 Å². The molecule has 4 nitrogen and oxygen atoms in total. The van der Waals surface area contributed by atoms with Crippen LogP contribution in [0.4, 0.5) is 5.69 Å². The number of hydrogen-bond acceptors (Lipinski definition) is 4. The minimum atomic E-state index is 0.705. The van der Waals surface area contributed by atoms with Gasteiger partial charge in [-0.15, -0.1) is 6.58 Å². The van der Waals surface area contributed by atoms with Gasteiger partial charge in [0, 0.05) is 50.4 Å². The Bertz CT molecular complexity index is 355. The molecule has 0 saturated heterocycles. The molecule has 4 heteroatoms. The van der Waals surface area contributed by atoms with Crippen LogP contribution in [0, 0.1) is 0 Å². The van der Waals surface area contributed by atoms with Crippen molar-refractivity contribution in [1.82, 2.24) is 10.3 Å². The fourth-order valence-corrected chi connectivity index (χ4v) is 1.79. The molecule has 0 atom stereocenters. The Hall–Kier alpha value is -1.39. The highest BCUT2D eigenvalue weighted by Crippen LogP contribution is 2.19. The summed E-state index contributed by atoms with van der Waals surface area (Å²) in [7, 11) is 1.72. The summed E-state index contributed by atoms with van der Waals surface area (Å²) >= 11 is 0. The fraction of sp³-hybridized carbons (Fsp3) is 0.500. The van der Waals surface area contributed by atoms with E-state index in [1.54, 1.807) is 7.11 Å². The molecule has 1 rings (SSSR count). The van der Waals surface area contributed by atoms with E-state index in [0.717, 1.165) is 26.2 Å². The number of nitrogens with one attached hydrogen (secondary N) is 1. The van der Waals surface area contributed by atoms with Crippen LogP contribution in [0.1, 0.15) is 12.5 Å². The number of aromatic nitrogens is 1. The van der Waals surface area contributed by atoms with Crippen LogP contribution in [0.15, 0.2) is 31.1 Å². The lowest BCUT2D eigenvalue weighted by atomic mass is 10.2. The van der Waals surface area contributed by atoms with E-state index < -0.39 is 0 Å². The Labute approximate surface area is 110 Å². The van der Waals surface area contributed by atoms with Gasteiger partial charge in [0.2, 0.25) is 0 Å². The largest absolute Gasteiger partial charge is 0.383 e. The zero-order chi connectivity index (χ0) is 13.2.